The molecule has 0 heterocycles. The molecule has 0 saturated heterocycles. The lowest BCUT2D eigenvalue weighted by molar-refractivity contribution is -0.123. The van der Waals surface area contributed by atoms with Crippen LogP contribution in [-0.2, 0) is 22.7 Å². The predicted octanol–water partition coefficient (Wildman–Crippen LogP) is 4.46. The maximum absolute atomic E-state index is 12.0. The van der Waals surface area contributed by atoms with Crippen molar-refractivity contribution in [3.63, 3.8) is 0 Å². The summed E-state index contributed by atoms with van der Waals surface area (Å²) in [6.45, 7) is 5.11. The van der Waals surface area contributed by atoms with Gasteiger partial charge in [-0.1, -0.05) is 54.6 Å². The summed E-state index contributed by atoms with van der Waals surface area (Å²) in [5.41, 5.74) is 2.17. The zero-order chi connectivity index (χ0) is 19.1. The molecule has 3 aromatic carbocycles. The van der Waals surface area contributed by atoms with E-state index in [0.29, 0.717) is 18.9 Å². The third-order valence-corrected chi connectivity index (χ3v) is 4.19. The first-order valence-corrected chi connectivity index (χ1v) is 9.18. The summed E-state index contributed by atoms with van der Waals surface area (Å²) in [6, 6.07) is 21.9. The van der Waals surface area contributed by atoms with Gasteiger partial charge in [0.15, 0.2) is 6.61 Å². The minimum atomic E-state index is -0.143. The smallest absolute Gasteiger partial charge is 0.258 e. The SMILES string of the molecule is CC(C)OCc1ccc(CNC(=O)COc2ccc3ccccc3c2)cc1. The highest BCUT2D eigenvalue weighted by atomic mass is 16.5. The summed E-state index contributed by atoms with van der Waals surface area (Å²) in [4.78, 5) is 12.0. The van der Waals surface area contributed by atoms with E-state index >= 15 is 0 Å². The first kappa shape index (κ1) is 18.9. The van der Waals surface area contributed by atoms with Crippen molar-refractivity contribution >= 4 is 16.7 Å². The highest BCUT2D eigenvalue weighted by Gasteiger charge is 2.04. The summed E-state index contributed by atoms with van der Waals surface area (Å²) in [5, 5.41) is 5.12. The van der Waals surface area contributed by atoms with Crippen LogP contribution in [0.1, 0.15) is 25.0 Å². The minimum absolute atomic E-state index is 0.00134. The second-order valence-corrected chi connectivity index (χ2v) is 6.75. The number of amides is 1. The van der Waals surface area contributed by atoms with Crippen molar-refractivity contribution in [3.05, 3.63) is 77.9 Å². The van der Waals surface area contributed by atoms with Crippen molar-refractivity contribution in [2.24, 2.45) is 0 Å². The van der Waals surface area contributed by atoms with Crippen molar-refractivity contribution in [3.8, 4) is 5.75 Å². The molecular weight excluding hydrogens is 338 g/mol. The summed E-state index contributed by atoms with van der Waals surface area (Å²) in [6.07, 6.45) is 0.214. The van der Waals surface area contributed by atoms with Gasteiger partial charge >= 0.3 is 0 Å². The Morgan fingerprint density at radius 3 is 2.37 bits per heavy atom. The van der Waals surface area contributed by atoms with Crippen LogP contribution in [0.4, 0.5) is 0 Å². The van der Waals surface area contributed by atoms with Gasteiger partial charge in [-0.3, -0.25) is 4.79 Å². The Morgan fingerprint density at radius 1 is 0.926 bits per heavy atom. The molecule has 1 amide bonds. The Balaban J connectivity index is 1.45. The van der Waals surface area contributed by atoms with E-state index in [1.54, 1.807) is 0 Å². The topological polar surface area (TPSA) is 47.6 Å². The number of ether oxygens (including phenoxy) is 2. The van der Waals surface area contributed by atoms with E-state index in [1.165, 1.54) is 0 Å². The quantitative estimate of drug-likeness (QED) is 0.643. The molecule has 4 heteroatoms. The van der Waals surface area contributed by atoms with Crippen LogP contribution in [0.15, 0.2) is 66.7 Å². The van der Waals surface area contributed by atoms with E-state index in [0.717, 1.165) is 21.9 Å². The Morgan fingerprint density at radius 2 is 1.63 bits per heavy atom. The third kappa shape index (κ3) is 5.83. The lowest BCUT2D eigenvalue weighted by atomic mass is 10.1. The molecule has 140 valence electrons. The lowest BCUT2D eigenvalue weighted by Gasteiger charge is -2.10. The number of rotatable bonds is 8. The van der Waals surface area contributed by atoms with Crippen LogP contribution in [0.5, 0.6) is 5.75 Å². The summed E-state index contributed by atoms with van der Waals surface area (Å²) < 4.78 is 11.2. The molecule has 0 atom stereocenters. The number of carbonyl (C=O) groups excluding carboxylic acids is 1. The first-order chi connectivity index (χ1) is 13.1. The van der Waals surface area contributed by atoms with Gasteiger partial charge in [0.05, 0.1) is 12.7 Å². The fourth-order valence-electron chi connectivity index (χ4n) is 2.67. The Kier molecular flexibility index (Phi) is 6.44. The largest absolute Gasteiger partial charge is 0.484 e. The molecule has 0 aromatic heterocycles. The Hall–Kier alpha value is -2.85. The number of nitrogens with one attached hydrogen (secondary N) is 1. The van der Waals surface area contributed by atoms with Gasteiger partial charge in [-0.15, -0.1) is 0 Å². The van der Waals surface area contributed by atoms with Crippen molar-refractivity contribution in [1.82, 2.24) is 5.32 Å². The summed E-state index contributed by atoms with van der Waals surface area (Å²) in [5.74, 6) is 0.550. The van der Waals surface area contributed by atoms with E-state index in [1.807, 2.05) is 80.6 Å². The fourth-order valence-corrected chi connectivity index (χ4v) is 2.67. The summed E-state index contributed by atoms with van der Waals surface area (Å²) in [7, 11) is 0. The second-order valence-electron chi connectivity index (χ2n) is 6.75. The van der Waals surface area contributed by atoms with Gasteiger partial charge in [0.1, 0.15) is 5.75 Å². The number of carbonyl (C=O) groups is 1. The fraction of sp³-hybridized carbons (Fsp3) is 0.261. The molecule has 0 bridgehead atoms. The summed E-state index contributed by atoms with van der Waals surface area (Å²) >= 11 is 0. The monoisotopic (exact) mass is 363 g/mol. The van der Waals surface area contributed by atoms with Crippen molar-refractivity contribution in [2.75, 3.05) is 6.61 Å². The zero-order valence-corrected chi connectivity index (χ0v) is 15.8. The van der Waals surface area contributed by atoms with E-state index in [2.05, 4.69) is 5.32 Å². The van der Waals surface area contributed by atoms with Gasteiger partial charge in [-0.2, -0.15) is 0 Å². The molecule has 0 aliphatic heterocycles. The maximum atomic E-state index is 12.0. The van der Waals surface area contributed by atoms with Crippen LogP contribution in [0.3, 0.4) is 0 Å². The van der Waals surface area contributed by atoms with Gasteiger partial charge in [0.2, 0.25) is 0 Å². The molecule has 0 spiro atoms. The van der Waals surface area contributed by atoms with Crippen molar-refractivity contribution in [2.45, 2.75) is 33.1 Å². The first-order valence-electron chi connectivity index (χ1n) is 9.18. The van der Waals surface area contributed by atoms with Gasteiger partial charge in [-0.25, -0.2) is 0 Å². The highest BCUT2D eigenvalue weighted by molar-refractivity contribution is 5.84. The van der Waals surface area contributed by atoms with Crippen LogP contribution in [-0.4, -0.2) is 18.6 Å². The van der Waals surface area contributed by atoms with Crippen LogP contribution in [0.25, 0.3) is 10.8 Å². The molecular formula is C23H25NO3. The normalized spacial score (nSPS) is 10.9. The van der Waals surface area contributed by atoms with Crippen LogP contribution >= 0.6 is 0 Å². The molecule has 27 heavy (non-hydrogen) atoms. The average Bonchev–Trinajstić information content (AvgIpc) is 2.69. The molecule has 0 fully saturated rings. The average molecular weight is 363 g/mol. The third-order valence-electron chi connectivity index (χ3n) is 4.19. The van der Waals surface area contributed by atoms with E-state index in [9.17, 15) is 4.79 Å². The Labute approximate surface area is 160 Å². The van der Waals surface area contributed by atoms with Crippen molar-refractivity contribution < 1.29 is 14.3 Å². The minimum Gasteiger partial charge on any atom is -0.484 e. The van der Waals surface area contributed by atoms with Crippen LogP contribution in [0.2, 0.25) is 0 Å². The molecule has 3 rings (SSSR count). The van der Waals surface area contributed by atoms with Gasteiger partial charge in [0.25, 0.3) is 5.91 Å². The van der Waals surface area contributed by atoms with E-state index < -0.39 is 0 Å². The maximum Gasteiger partial charge on any atom is 0.258 e. The molecule has 1 N–H and O–H groups in total. The molecule has 0 aliphatic rings. The number of hydrogen-bond acceptors (Lipinski definition) is 3. The second kappa shape index (κ2) is 9.19. The molecule has 0 saturated carbocycles. The van der Waals surface area contributed by atoms with Gasteiger partial charge in [-0.05, 0) is 47.9 Å². The standard InChI is InChI=1S/C23H25NO3/c1-17(2)26-15-19-9-7-18(8-10-19)14-24-23(25)16-27-22-12-11-20-5-3-4-6-21(20)13-22/h3-13,17H,14-16H2,1-2H3,(H,24,25). The lowest BCUT2D eigenvalue weighted by Crippen LogP contribution is -2.28. The Bertz CT molecular complexity index is 888. The number of hydrogen-bond donors (Lipinski definition) is 1. The van der Waals surface area contributed by atoms with E-state index in [-0.39, 0.29) is 18.6 Å². The van der Waals surface area contributed by atoms with Gasteiger partial charge in [0, 0.05) is 6.54 Å². The predicted molar refractivity (Wildman–Crippen MR) is 108 cm³/mol. The highest BCUT2D eigenvalue weighted by Crippen LogP contribution is 2.20. The molecule has 3 aromatic rings. The van der Waals surface area contributed by atoms with Gasteiger partial charge < -0.3 is 14.8 Å². The molecule has 4 nitrogen and oxygen atoms in total. The number of fused-ring (bicyclic) bond motifs is 1. The van der Waals surface area contributed by atoms with E-state index in [4.69, 9.17) is 9.47 Å². The van der Waals surface area contributed by atoms with Crippen molar-refractivity contribution in [1.29, 1.82) is 0 Å². The zero-order valence-electron chi connectivity index (χ0n) is 15.8. The molecule has 0 aliphatic carbocycles. The molecule has 0 radical (unpaired) electrons. The van der Waals surface area contributed by atoms with Crippen LogP contribution < -0.4 is 10.1 Å². The molecule has 0 unspecified atom stereocenters. The number of benzene rings is 3. The van der Waals surface area contributed by atoms with Crippen LogP contribution in [0, 0.1) is 0 Å².